The van der Waals surface area contributed by atoms with Crippen LogP contribution in [-0.4, -0.2) is 36.6 Å². The molecule has 19 heavy (non-hydrogen) atoms. The summed E-state index contributed by atoms with van der Waals surface area (Å²) in [4.78, 5) is 8.25. The minimum Gasteiger partial charge on any atom is -0.347 e. The van der Waals surface area contributed by atoms with Gasteiger partial charge in [-0.2, -0.15) is 11.8 Å². The third kappa shape index (κ3) is 4.97. The summed E-state index contributed by atoms with van der Waals surface area (Å²) in [6.07, 6.45) is 6.52. The Morgan fingerprint density at radius 1 is 1.47 bits per heavy atom. The van der Waals surface area contributed by atoms with Crippen LogP contribution in [0.15, 0.2) is 6.20 Å². The Hall–Kier alpha value is -0.260. The Labute approximate surface area is 126 Å². The highest BCUT2D eigenvalue weighted by Crippen LogP contribution is 2.28. The van der Waals surface area contributed by atoms with Crippen molar-refractivity contribution in [1.29, 1.82) is 0 Å². The largest absolute Gasteiger partial charge is 0.347 e. The lowest BCUT2D eigenvalue weighted by molar-refractivity contribution is 0.577. The zero-order valence-corrected chi connectivity index (χ0v) is 14.4. The number of aromatic nitrogens is 1. The topological polar surface area (TPSA) is 28.2 Å². The molecule has 0 aliphatic heterocycles. The third-order valence-electron chi connectivity index (χ3n) is 3.32. The molecule has 2 unspecified atom stereocenters. The first-order valence-electron chi connectivity index (χ1n) is 7.04. The Balaban J connectivity index is 2.66. The summed E-state index contributed by atoms with van der Waals surface area (Å²) < 4.78 is 0. The van der Waals surface area contributed by atoms with E-state index in [2.05, 4.69) is 49.3 Å². The Bertz CT molecular complexity index is 354. The van der Waals surface area contributed by atoms with Crippen molar-refractivity contribution in [2.75, 3.05) is 30.5 Å². The molecule has 1 aromatic rings. The van der Waals surface area contributed by atoms with E-state index in [4.69, 9.17) is 0 Å². The van der Waals surface area contributed by atoms with Gasteiger partial charge in [-0.25, -0.2) is 4.98 Å². The quantitative estimate of drug-likeness (QED) is 0.751. The second-order valence-electron chi connectivity index (χ2n) is 4.85. The molecule has 1 rings (SSSR count). The van der Waals surface area contributed by atoms with Crippen LogP contribution in [0.4, 0.5) is 5.13 Å². The zero-order valence-electron chi connectivity index (χ0n) is 12.8. The van der Waals surface area contributed by atoms with Gasteiger partial charge in [-0.1, -0.05) is 13.8 Å². The van der Waals surface area contributed by atoms with E-state index in [9.17, 15) is 0 Å². The molecule has 0 radical (unpaired) electrons. The maximum atomic E-state index is 4.59. The van der Waals surface area contributed by atoms with Crippen LogP contribution in [-0.2, 0) is 0 Å². The fraction of sp³-hybridized carbons (Fsp3) is 0.786. The highest BCUT2D eigenvalue weighted by Gasteiger charge is 2.17. The monoisotopic (exact) mass is 301 g/mol. The highest BCUT2D eigenvalue weighted by molar-refractivity contribution is 7.98. The molecule has 0 aliphatic rings. The van der Waals surface area contributed by atoms with Crippen LogP contribution in [0.25, 0.3) is 0 Å². The average Bonchev–Trinajstić information content (AvgIpc) is 2.91. The van der Waals surface area contributed by atoms with Gasteiger partial charge in [-0.05, 0) is 32.6 Å². The van der Waals surface area contributed by atoms with Crippen molar-refractivity contribution in [2.45, 2.75) is 45.7 Å². The van der Waals surface area contributed by atoms with Crippen molar-refractivity contribution < 1.29 is 0 Å². The first kappa shape index (κ1) is 16.8. The summed E-state index contributed by atoms with van der Waals surface area (Å²) in [6, 6.07) is 0.980. The van der Waals surface area contributed by atoms with E-state index in [1.165, 1.54) is 11.3 Å². The first-order chi connectivity index (χ1) is 9.13. The number of thioether (sulfide) groups is 1. The van der Waals surface area contributed by atoms with Gasteiger partial charge >= 0.3 is 0 Å². The lowest BCUT2D eigenvalue weighted by Gasteiger charge is -2.26. The SMILES string of the molecule is CCCNC(C)c1cnc(N(C)C(CC)CSC)s1. The minimum atomic E-state index is 0.403. The molecule has 0 saturated heterocycles. The molecule has 0 saturated carbocycles. The van der Waals surface area contributed by atoms with Crippen molar-refractivity contribution in [3.8, 4) is 0 Å². The molecular formula is C14H27N3S2. The molecule has 0 fully saturated rings. The van der Waals surface area contributed by atoms with Crippen LogP contribution in [0.3, 0.4) is 0 Å². The van der Waals surface area contributed by atoms with E-state index in [1.54, 1.807) is 0 Å². The van der Waals surface area contributed by atoms with Gasteiger partial charge in [0.25, 0.3) is 0 Å². The molecule has 3 nitrogen and oxygen atoms in total. The van der Waals surface area contributed by atoms with E-state index < -0.39 is 0 Å². The minimum absolute atomic E-state index is 0.403. The third-order valence-corrected chi connectivity index (χ3v) is 5.31. The molecule has 1 N–H and O–H groups in total. The number of nitrogens with one attached hydrogen (secondary N) is 1. The van der Waals surface area contributed by atoms with Crippen molar-refractivity contribution in [2.24, 2.45) is 0 Å². The van der Waals surface area contributed by atoms with Crippen molar-refractivity contribution >= 4 is 28.2 Å². The number of hydrogen-bond donors (Lipinski definition) is 1. The second kappa shape index (κ2) is 8.82. The fourth-order valence-corrected chi connectivity index (χ4v) is 3.77. The number of hydrogen-bond acceptors (Lipinski definition) is 5. The zero-order chi connectivity index (χ0) is 14.3. The standard InChI is InChI=1S/C14H27N3S2/c1-6-8-15-11(3)13-9-16-14(19-13)17(4)12(7-2)10-18-5/h9,11-12,15H,6-8,10H2,1-5H3. The van der Waals surface area contributed by atoms with Gasteiger partial charge in [0.05, 0.1) is 0 Å². The molecule has 2 atom stereocenters. The van der Waals surface area contributed by atoms with Crippen LogP contribution in [0.1, 0.15) is 44.5 Å². The molecule has 0 amide bonds. The molecule has 5 heteroatoms. The summed E-state index contributed by atoms with van der Waals surface area (Å²) >= 11 is 3.72. The van der Waals surface area contributed by atoms with Gasteiger partial charge in [0.15, 0.2) is 5.13 Å². The van der Waals surface area contributed by atoms with Gasteiger partial charge in [0.1, 0.15) is 0 Å². The second-order valence-corrected chi connectivity index (χ2v) is 6.80. The van der Waals surface area contributed by atoms with Crippen LogP contribution >= 0.6 is 23.1 Å². The average molecular weight is 302 g/mol. The molecule has 0 bridgehead atoms. The Morgan fingerprint density at radius 3 is 2.79 bits per heavy atom. The van der Waals surface area contributed by atoms with Crippen LogP contribution in [0, 0.1) is 0 Å². The summed E-state index contributed by atoms with van der Waals surface area (Å²) in [5.41, 5.74) is 0. The number of thiazole rings is 1. The van der Waals surface area contributed by atoms with E-state index in [0.717, 1.165) is 23.8 Å². The predicted octanol–water partition coefficient (Wildman–Crippen LogP) is 3.78. The first-order valence-corrected chi connectivity index (χ1v) is 9.25. The summed E-state index contributed by atoms with van der Waals surface area (Å²) in [6.45, 7) is 7.72. The summed E-state index contributed by atoms with van der Waals surface area (Å²) in [5.74, 6) is 1.16. The number of nitrogens with zero attached hydrogens (tertiary/aromatic N) is 2. The van der Waals surface area contributed by atoms with E-state index in [-0.39, 0.29) is 0 Å². The van der Waals surface area contributed by atoms with Gasteiger partial charge < -0.3 is 10.2 Å². The molecule has 1 aromatic heterocycles. The molecule has 0 aliphatic carbocycles. The Morgan fingerprint density at radius 2 is 2.21 bits per heavy atom. The Kier molecular flexibility index (Phi) is 7.80. The van der Waals surface area contributed by atoms with Crippen molar-refractivity contribution in [3.05, 3.63) is 11.1 Å². The molecule has 1 heterocycles. The van der Waals surface area contributed by atoms with Gasteiger partial charge in [0.2, 0.25) is 0 Å². The lowest BCUT2D eigenvalue weighted by Crippen LogP contribution is -2.32. The fourth-order valence-electron chi connectivity index (χ4n) is 1.95. The van der Waals surface area contributed by atoms with Gasteiger partial charge in [-0.3, -0.25) is 0 Å². The number of anilines is 1. The van der Waals surface area contributed by atoms with Crippen molar-refractivity contribution in [3.63, 3.8) is 0 Å². The maximum Gasteiger partial charge on any atom is 0.185 e. The van der Waals surface area contributed by atoms with Crippen LogP contribution < -0.4 is 10.2 Å². The van der Waals surface area contributed by atoms with Gasteiger partial charge in [-0.15, -0.1) is 11.3 Å². The molecule has 0 spiro atoms. The summed E-state index contributed by atoms with van der Waals surface area (Å²) in [5, 5.41) is 4.66. The smallest absolute Gasteiger partial charge is 0.185 e. The molecular weight excluding hydrogens is 274 g/mol. The van der Waals surface area contributed by atoms with Gasteiger partial charge in [0, 0.05) is 36.0 Å². The van der Waals surface area contributed by atoms with Crippen LogP contribution in [0.5, 0.6) is 0 Å². The highest BCUT2D eigenvalue weighted by atomic mass is 32.2. The van der Waals surface area contributed by atoms with E-state index in [1.807, 2.05) is 29.3 Å². The molecule has 0 aromatic carbocycles. The predicted molar refractivity (Wildman–Crippen MR) is 89.7 cm³/mol. The summed E-state index contributed by atoms with van der Waals surface area (Å²) in [7, 11) is 2.16. The maximum absolute atomic E-state index is 4.59. The van der Waals surface area contributed by atoms with E-state index >= 15 is 0 Å². The van der Waals surface area contributed by atoms with Crippen molar-refractivity contribution in [1.82, 2.24) is 10.3 Å². The van der Waals surface area contributed by atoms with E-state index in [0.29, 0.717) is 12.1 Å². The van der Waals surface area contributed by atoms with Crippen LogP contribution in [0.2, 0.25) is 0 Å². The lowest BCUT2D eigenvalue weighted by atomic mass is 10.2. The number of rotatable bonds is 9. The normalized spacial score (nSPS) is 14.4. The molecule has 110 valence electrons.